The largest absolute Gasteiger partial charge is 0.299 e. The molecule has 232 valence electrons. The summed E-state index contributed by atoms with van der Waals surface area (Å²) in [5.41, 5.74) is 11.7. The van der Waals surface area contributed by atoms with Crippen LogP contribution in [0.2, 0.25) is 0 Å². The predicted molar refractivity (Wildman–Crippen MR) is 192 cm³/mol. The Bertz CT molecular complexity index is 1460. The minimum atomic E-state index is -0.196. The van der Waals surface area contributed by atoms with Gasteiger partial charge < -0.3 is 0 Å². The van der Waals surface area contributed by atoms with E-state index in [9.17, 15) is 9.59 Å². The molecule has 1 aliphatic carbocycles. The molecule has 0 spiro atoms. The molecule has 2 rings (SSSR count). The van der Waals surface area contributed by atoms with E-state index in [1.807, 2.05) is 107 Å². The van der Waals surface area contributed by atoms with E-state index >= 15 is 0 Å². The van der Waals surface area contributed by atoms with Crippen molar-refractivity contribution in [1.29, 1.82) is 0 Å². The number of carbonyl (C=O) groups is 2. The zero-order valence-electron chi connectivity index (χ0n) is 27.7. The minimum Gasteiger partial charge on any atom is -0.299 e. The van der Waals surface area contributed by atoms with Crippen molar-refractivity contribution in [3.05, 3.63) is 135 Å². The van der Waals surface area contributed by atoms with Crippen molar-refractivity contribution in [1.82, 2.24) is 0 Å². The Morgan fingerprint density at radius 2 is 1.82 bits per heavy atom. The van der Waals surface area contributed by atoms with Crippen LogP contribution in [0, 0.1) is 5.92 Å². The summed E-state index contributed by atoms with van der Waals surface area (Å²) in [5, 5.41) is 0. The van der Waals surface area contributed by atoms with Crippen LogP contribution in [0.1, 0.15) is 104 Å². The topological polar surface area (TPSA) is 34.1 Å². The van der Waals surface area contributed by atoms with Gasteiger partial charge in [0.2, 0.25) is 0 Å². The highest BCUT2D eigenvalue weighted by Crippen LogP contribution is 2.42. The van der Waals surface area contributed by atoms with Gasteiger partial charge in [0, 0.05) is 17.9 Å². The first-order valence-electron chi connectivity index (χ1n) is 15.8. The Hall–Kier alpha value is -3.61. The number of thioether (sulfide) groups is 1. The molecule has 0 saturated heterocycles. The summed E-state index contributed by atoms with van der Waals surface area (Å²) in [7, 11) is 0. The summed E-state index contributed by atoms with van der Waals surface area (Å²) < 4.78 is 0. The Morgan fingerprint density at radius 3 is 2.43 bits per heavy atom. The van der Waals surface area contributed by atoms with Gasteiger partial charge in [-0.2, -0.15) is 0 Å². The normalized spacial score (nSPS) is 15.2. The Balaban J connectivity index is 2.01. The molecule has 3 heteroatoms. The van der Waals surface area contributed by atoms with Crippen LogP contribution in [0.3, 0.4) is 0 Å². The standard InChI is InChI=1S/C41H50O2S/c1-9-30(5)18-13-26-39(42)31(6)28-34(10-2)20-15-21-35(11-3)38-25-17-24-37(29-38)33(8)40(43)27-14-19-32(7)44-41(12-4)36-22-16-23-36/h9-10,12-13,17,20-21,24-26,28-29,33,36H,3,7,14,16,18-19,22-23,27H2,1-2,4-6,8H3/b26-13+,30-9-,31-28+,34-10+,41-12-/t15?,33-/m0/s1. The maximum atomic E-state index is 13.1. The summed E-state index contributed by atoms with van der Waals surface area (Å²) in [5.74, 6) is 0.751. The molecule has 2 nitrogen and oxygen atoms in total. The Labute approximate surface area is 271 Å². The zero-order valence-corrected chi connectivity index (χ0v) is 28.5. The molecule has 0 heterocycles. The van der Waals surface area contributed by atoms with E-state index < -0.39 is 0 Å². The van der Waals surface area contributed by atoms with E-state index in [1.165, 1.54) is 29.7 Å². The van der Waals surface area contributed by atoms with Gasteiger partial charge in [0.1, 0.15) is 5.78 Å². The van der Waals surface area contributed by atoms with E-state index in [0.717, 1.165) is 46.4 Å². The molecular formula is C41H50O2S. The van der Waals surface area contributed by atoms with E-state index in [4.69, 9.17) is 0 Å². The third-order valence-corrected chi connectivity index (χ3v) is 9.39. The maximum absolute atomic E-state index is 13.1. The molecule has 1 aliphatic rings. The number of benzene rings is 1. The Morgan fingerprint density at radius 1 is 1.07 bits per heavy atom. The number of hydrogen-bond donors (Lipinski definition) is 0. The molecule has 0 aromatic heterocycles. The predicted octanol–water partition coefficient (Wildman–Crippen LogP) is 11.7. The van der Waals surface area contributed by atoms with E-state index in [0.29, 0.717) is 17.9 Å². The second-order valence-electron chi connectivity index (χ2n) is 11.4. The van der Waals surface area contributed by atoms with Gasteiger partial charge in [-0.05, 0) is 135 Å². The number of Topliss-reactive ketones (excluding diaryl/α,β-unsaturated/α-hetero) is 1. The van der Waals surface area contributed by atoms with Crippen molar-refractivity contribution < 1.29 is 9.59 Å². The molecule has 1 saturated carbocycles. The average molecular weight is 607 g/mol. The lowest BCUT2D eigenvalue weighted by molar-refractivity contribution is -0.120. The van der Waals surface area contributed by atoms with Crippen molar-refractivity contribution in [2.45, 2.75) is 92.4 Å². The van der Waals surface area contributed by atoms with Crippen LogP contribution in [-0.2, 0) is 9.59 Å². The fraction of sp³-hybridized carbons (Fsp3) is 0.366. The number of hydrogen-bond acceptors (Lipinski definition) is 3. The molecule has 1 aromatic carbocycles. The molecule has 0 radical (unpaired) electrons. The zero-order chi connectivity index (χ0) is 32.5. The first kappa shape index (κ1) is 36.6. The Kier molecular flexibility index (Phi) is 16.3. The molecule has 1 aromatic rings. The van der Waals surface area contributed by atoms with Gasteiger partial charge >= 0.3 is 0 Å². The van der Waals surface area contributed by atoms with Gasteiger partial charge in [-0.25, -0.2) is 0 Å². The van der Waals surface area contributed by atoms with Gasteiger partial charge in [-0.3, -0.25) is 9.59 Å². The molecule has 0 amide bonds. The second-order valence-corrected chi connectivity index (χ2v) is 12.6. The lowest BCUT2D eigenvalue weighted by Crippen LogP contribution is -2.12. The fourth-order valence-electron chi connectivity index (χ4n) is 4.71. The van der Waals surface area contributed by atoms with Gasteiger partial charge in [0.05, 0.1) is 0 Å². The lowest BCUT2D eigenvalue weighted by atomic mass is 9.85. The molecule has 1 atom stereocenters. The van der Waals surface area contributed by atoms with Crippen molar-refractivity contribution in [2.75, 3.05) is 0 Å². The number of ketones is 2. The van der Waals surface area contributed by atoms with Crippen molar-refractivity contribution in [2.24, 2.45) is 5.92 Å². The molecular weight excluding hydrogens is 557 g/mol. The molecule has 0 aliphatic heterocycles. The van der Waals surface area contributed by atoms with Gasteiger partial charge in [0.15, 0.2) is 5.78 Å². The molecule has 0 N–H and O–H groups in total. The van der Waals surface area contributed by atoms with Crippen LogP contribution in [0.4, 0.5) is 0 Å². The molecule has 0 bridgehead atoms. The van der Waals surface area contributed by atoms with Gasteiger partial charge in [-0.1, -0.05) is 86.3 Å². The van der Waals surface area contributed by atoms with Crippen molar-refractivity contribution in [3.63, 3.8) is 0 Å². The van der Waals surface area contributed by atoms with E-state index in [1.54, 1.807) is 6.08 Å². The third kappa shape index (κ3) is 12.2. The summed E-state index contributed by atoms with van der Waals surface area (Å²) in [6.07, 6.45) is 22.2. The van der Waals surface area contributed by atoms with Gasteiger partial charge in [0.25, 0.3) is 0 Å². The van der Waals surface area contributed by atoms with Crippen LogP contribution in [0.5, 0.6) is 0 Å². The van der Waals surface area contributed by atoms with Crippen LogP contribution in [0.25, 0.3) is 5.57 Å². The van der Waals surface area contributed by atoms with E-state index in [2.05, 4.69) is 37.6 Å². The van der Waals surface area contributed by atoms with Crippen LogP contribution in [0.15, 0.2) is 124 Å². The van der Waals surface area contributed by atoms with Crippen molar-refractivity contribution >= 4 is 28.9 Å². The highest BCUT2D eigenvalue weighted by atomic mass is 32.2. The van der Waals surface area contributed by atoms with Crippen LogP contribution >= 0.6 is 11.8 Å². The summed E-state index contributed by atoms with van der Waals surface area (Å²) >= 11 is 1.81. The SMILES string of the molecule is C=C=C(C=C=CC(=C\C)/C=C(\C)C(=O)/C=C/C/C(C)=C\C)c1cccc([C@H](C)C(=O)CCCC(=C)S/C(=C\C)C2CCC2)c1. The second kappa shape index (κ2) is 19.6. The lowest BCUT2D eigenvalue weighted by Gasteiger charge is -2.28. The molecule has 1 fully saturated rings. The average Bonchev–Trinajstić information content (AvgIpc) is 3.00. The van der Waals surface area contributed by atoms with Crippen molar-refractivity contribution in [3.8, 4) is 0 Å². The fourth-order valence-corrected chi connectivity index (χ4v) is 5.81. The highest BCUT2D eigenvalue weighted by molar-refractivity contribution is 8.06. The van der Waals surface area contributed by atoms with E-state index in [-0.39, 0.29) is 17.5 Å². The smallest absolute Gasteiger partial charge is 0.181 e. The summed E-state index contributed by atoms with van der Waals surface area (Å²) in [4.78, 5) is 28.2. The first-order chi connectivity index (χ1) is 21.1. The molecule has 44 heavy (non-hydrogen) atoms. The summed E-state index contributed by atoms with van der Waals surface area (Å²) in [6, 6.07) is 8.02. The number of carbonyl (C=O) groups excluding carboxylic acids is 2. The number of allylic oxidation sites excluding steroid dienone is 13. The highest BCUT2D eigenvalue weighted by Gasteiger charge is 2.22. The van der Waals surface area contributed by atoms with Crippen LogP contribution < -0.4 is 0 Å². The molecule has 0 unspecified atom stereocenters. The monoisotopic (exact) mass is 606 g/mol. The van der Waals surface area contributed by atoms with Gasteiger partial charge in [-0.15, -0.1) is 11.5 Å². The number of rotatable bonds is 17. The minimum absolute atomic E-state index is 0.00616. The van der Waals surface area contributed by atoms with Crippen LogP contribution in [-0.4, -0.2) is 11.6 Å². The quantitative estimate of drug-likeness (QED) is 0.0765. The first-order valence-corrected chi connectivity index (χ1v) is 16.6. The summed E-state index contributed by atoms with van der Waals surface area (Å²) in [6.45, 7) is 20.0. The third-order valence-electron chi connectivity index (χ3n) is 8.09. The maximum Gasteiger partial charge on any atom is 0.181 e.